The summed E-state index contributed by atoms with van der Waals surface area (Å²) in [6.07, 6.45) is 0. The van der Waals surface area contributed by atoms with Crippen molar-refractivity contribution in [2.24, 2.45) is 0 Å². The van der Waals surface area contributed by atoms with E-state index in [2.05, 4.69) is 5.32 Å². The average Bonchev–Trinajstić information content (AvgIpc) is 2.53. The van der Waals surface area contributed by atoms with Crippen LogP contribution in [0.5, 0.6) is 0 Å². The van der Waals surface area contributed by atoms with Crippen LogP contribution >= 0.6 is 0 Å². The zero-order valence-corrected chi connectivity index (χ0v) is 12.3. The van der Waals surface area contributed by atoms with Gasteiger partial charge in [-0.05, 0) is 11.5 Å². The first-order valence-corrected chi connectivity index (χ1v) is 7.57. The number of nitrogens with one attached hydrogen (secondary N) is 1. The highest BCUT2D eigenvalue weighted by Gasteiger charge is 2.20. The van der Waals surface area contributed by atoms with Gasteiger partial charge in [-0.2, -0.15) is 24.2 Å². The summed E-state index contributed by atoms with van der Waals surface area (Å²) in [7, 11) is -4.61. The summed E-state index contributed by atoms with van der Waals surface area (Å²) in [6, 6.07) is 14.1. The van der Waals surface area contributed by atoms with Gasteiger partial charge in [0.05, 0.1) is 5.69 Å². The fourth-order valence-corrected chi connectivity index (χ4v) is 2.90. The van der Waals surface area contributed by atoms with Crippen LogP contribution in [0.1, 0.15) is 0 Å². The lowest BCUT2D eigenvalue weighted by Gasteiger charge is -2.12. The van der Waals surface area contributed by atoms with Crippen LogP contribution in [0.15, 0.2) is 52.6 Å². The van der Waals surface area contributed by atoms with Gasteiger partial charge in [-0.3, -0.25) is 4.55 Å². The van der Waals surface area contributed by atoms with E-state index in [0.717, 1.165) is 0 Å². The summed E-state index contributed by atoms with van der Waals surface area (Å²) < 4.78 is 33.0. The van der Waals surface area contributed by atoms with Crippen molar-refractivity contribution in [1.29, 1.82) is 15.8 Å². The van der Waals surface area contributed by atoms with E-state index in [0.29, 0.717) is 5.39 Å². The molecule has 0 saturated carbocycles. The van der Waals surface area contributed by atoms with Gasteiger partial charge in [0.2, 0.25) is 0 Å². The zero-order chi connectivity index (χ0) is 17.0. The molecule has 0 heterocycles. The molecule has 0 radical (unpaired) electrons. The Bertz CT molecular complexity index is 1030. The molecular formula is C15H8N4O3S. The highest BCUT2D eigenvalue weighted by Crippen LogP contribution is 2.31. The smallest absolute Gasteiger partial charge is 0.297 e. The molecule has 2 N–H and O–H groups in total. The van der Waals surface area contributed by atoms with Crippen molar-refractivity contribution in [3.05, 3.63) is 47.7 Å². The van der Waals surface area contributed by atoms with E-state index in [1.807, 2.05) is 0 Å². The quantitative estimate of drug-likeness (QED) is 0.652. The number of fused-ring (bicyclic) bond motifs is 1. The first kappa shape index (κ1) is 16.0. The van der Waals surface area contributed by atoms with Gasteiger partial charge in [-0.15, -0.1) is 0 Å². The second kappa shape index (κ2) is 6.17. The van der Waals surface area contributed by atoms with Gasteiger partial charge in [0, 0.05) is 5.39 Å². The van der Waals surface area contributed by atoms with Gasteiger partial charge >= 0.3 is 0 Å². The summed E-state index contributed by atoms with van der Waals surface area (Å²) >= 11 is 0. The Kier molecular flexibility index (Phi) is 4.29. The van der Waals surface area contributed by atoms with E-state index in [-0.39, 0.29) is 11.1 Å². The third-order valence-electron chi connectivity index (χ3n) is 2.98. The number of allylic oxidation sites excluding steroid dienone is 2. The van der Waals surface area contributed by atoms with E-state index in [4.69, 9.17) is 15.8 Å². The third-order valence-corrected chi connectivity index (χ3v) is 3.94. The van der Waals surface area contributed by atoms with Crippen LogP contribution < -0.4 is 5.32 Å². The van der Waals surface area contributed by atoms with E-state index in [1.54, 1.807) is 30.3 Å². The zero-order valence-electron chi connectivity index (χ0n) is 11.5. The molecule has 0 aromatic heterocycles. The normalized spacial score (nSPS) is 10.2. The Labute approximate surface area is 132 Å². The van der Waals surface area contributed by atoms with Crippen molar-refractivity contribution < 1.29 is 13.0 Å². The summed E-state index contributed by atoms with van der Waals surface area (Å²) in [5.41, 5.74) is -1.01. The number of hydrogen-bond donors (Lipinski definition) is 2. The number of hydrogen-bond acceptors (Lipinski definition) is 6. The van der Waals surface area contributed by atoms with Gasteiger partial charge in [-0.1, -0.05) is 30.3 Å². The number of anilines is 1. The van der Waals surface area contributed by atoms with E-state index >= 15 is 0 Å². The molecule has 0 amide bonds. The minimum Gasteiger partial charge on any atom is -0.344 e. The van der Waals surface area contributed by atoms with Crippen molar-refractivity contribution in [3.63, 3.8) is 0 Å². The molecule has 112 valence electrons. The van der Waals surface area contributed by atoms with Crippen LogP contribution in [-0.2, 0) is 10.1 Å². The fourth-order valence-electron chi connectivity index (χ4n) is 2.04. The lowest BCUT2D eigenvalue weighted by atomic mass is 10.1. The SMILES string of the molecule is N#CC(C#N)=C(C#N)Nc1ccc2ccccc2c1S(=O)(=O)O. The lowest BCUT2D eigenvalue weighted by Crippen LogP contribution is -2.08. The van der Waals surface area contributed by atoms with Crippen molar-refractivity contribution >= 4 is 26.6 Å². The van der Waals surface area contributed by atoms with Crippen LogP contribution in [0, 0.1) is 34.0 Å². The topological polar surface area (TPSA) is 138 Å². The van der Waals surface area contributed by atoms with Gasteiger partial charge in [0.1, 0.15) is 28.8 Å². The molecule has 2 aromatic rings. The van der Waals surface area contributed by atoms with E-state index in [1.165, 1.54) is 24.3 Å². The van der Waals surface area contributed by atoms with E-state index in [9.17, 15) is 13.0 Å². The third kappa shape index (κ3) is 3.12. The maximum absolute atomic E-state index is 11.7. The summed E-state index contributed by atoms with van der Waals surface area (Å²) in [4.78, 5) is -0.432. The first-order chi connectivity index (χ1) is 10.9. The Hall–Kier alpha value is -3.38. The Morgan fingerprint density at radius 2 is 1.65 bits per heavy atom. The number of benzene rings is 2. The average molecular weight is 324 g/mol. The molecule has 0 atom stereocenters. The molecule has 0 aliphatic rings. The standard InChI is InChI=1S/C15H8N4O3S/c16-7-11(8-17)14(9-18)19-13-6-5-10-3-1-2-4-12(10)15(13)23(20,21)22/h1-6,19H,(H,20,21,22). The number of rotatable bonds is 3. The lowest BCUT2D eigenvalue weighted by molar-refractivity contribution is 0.484. The van der Waals surface area contributed by atoms with Gasteiger partial charge in [-0.25, -0.2) is 0 Å². The molecular weight excluding hydrogens is 316 g/mol. The van der Waals surface area contributed by atoms with Crippen LogP contribution in [0.25, 0.3) is 10.8 Å². The van der Waals surface area contributed by atoms with Crippen LogP contribution in [0.3, 0.4) is 0 Å². The van der Waals surface area contributed by atoms with Crippen LogP contribution in [0.4, 0.5) is 5.69 Å². The van der Waals surface area contributed by atoms with Crippen molar-refractivity contribution in [3.8, 4) is 18.2 Å². The van der Waals surface area contributed by atoms with Gasteiger partial charge in [0.15, 0.2) is 5.57 Å². The summed E-state index contributed by atoms with van der Waals surface area (Å²) in [6.45, 7) is 0. The molecule has 0 bridgehead atoms. The molecule has 0 fully saturated rings. The van der Waals surface area contributed by atoms with Crippen molar-refractivity contribution in [2.75, 3.05) is 5.32 Å². The second-order valence-corrected chi connectivity index (χ2v) is 5.71. The van der Waals surface area contributed by atoms with E-state index < -0.39 is 26.3 Å². The Morgan fingerprint density at radius 1 is 1.00 bits per heavy atom. The molecule has 7 nitrogen and oxygen atoms in total. The predicted molar refractivity (Wildman–Crippen MR) is 81.3 cm³/mol. The maximum Gasteiger partial charge on any atom is 0.297 e. The maximum atomic E-state index is 11.7. The molecule has 2 rings (SSSR count). The van der Waals surface area contributed by atoms with Crippen LogP contribution in [0.2, 0.25) is 0 Å². The number of nitriles is 3. The molecule has 23 heavy (non-hydrogen) atoms. The van der Waals surface area contributed by atoms with Gasteiger partial charge < -0.3 is 5.32 Å². The molecule has 0 unspecified atom stereocenters. The number of nitrogens with zero attached hydrogens (tertiary/aromatic N) is 3. The predicted octanol–water partition coefficient (Wildman–Crippen LogP) is 2.32. The minimum absolute atomic E-state index is 0.106. The minimum atomic E-state index is -4.61. The molecule has 8 heteroatoms. The monoisotopic (exact) mass is 324 g/mol. The Balaban J connectivity index is 2.78. The fraction of sp³-hybridized carbons (Fsp3) is 0. The van der Waals surface area contributed by atoms with Crippen molar-refractivity contribution in [1.82, 2.24) is 0 Å². The molecule has 0 spiro atoms. The summed E-state index contributed by atoms with van der Waals surface area (Å²) in [5.74, 6) is 0. The first-order valence-electron chi connectivity index (χ1n) is 6.13. The van der Waals surface area contributed by atoms with Crippen molar-refractivity contribution in [2.45, 2.75) is 4.90 Å². The Morgan fingerprint density at radius 3 is 2.22 bits per heavy atom. The second-order valence-electron chi connectivity index (χ2n) is 4.35. The molecule has 0 aliphatic heterocycles. The highest BCUT2D eigenvalue weighted by atomic mass is 32.2. The molecule has 0 aliphatic carbocycles. The molecule has 0 saturated heterocycles. The van der Waals surface area contributed by atoms with Crippen LogP contribution in [-0.4, -0.2) is 13.0 Å². The largest absolute Gasteiger partial charge is 0.344 e. The highest BCUT2D eigenvalue weighted by molar-refractivity contribution is 7.86. The van der Waals surface area contributed by atoms with Gasteiger partial charge in [0.25, 0.3) is 10.1 Å². The molecule has 2 aromatic carbocycles. The summed E-state index contributed by atoms with van der Waals surface area (Å²) in [5, 5.41) is 29.9.